The summed E-state index contributed by atoms with van der Waals surface area (Å²) < 4.78 is 13.0. The standard InChI is InChI=1S/C12H9FN2O/c1-8-4-10(2-3-11(8)13)12-14-5-9(7-16)6-15-12/h2-7H,1H3. The molecule has 0 unspecified atom stereocenters. The molecule has 3 nitrogen and oxygen atoms in total. The summed E-state index contributed by atoms with van der Waals surface area (Å²) in [5.41, 5.74) is 1.69. The van der Waals surface area contributed by atoms with Gasteiger partial charge in [0.15, 0.2) is 12.1 Å². The van der Waals surface area contributed by atoms with E-state index in [1.165, 1.54) is 18.5 Å². The minimum atomic E-state index is -0.256. The summed E-state index contributed by atoms with van der Waals surface area (Å²) in [5, 5.41) is 0. The maximum Gasteiger partial charge on any atom is 0.159 e. The molecule has 0 amide bonds. The van der Waals surface area contributed by atoms with Crippen LogP contribution >= 0.6 is 0 Å². The highest BCUT2D eigenvalue weighted by atomic mass is 19.1. The highest BCUT2D eigenvalue weighted by Gasteiger charge is 2.04. The van der Waals surface area contributed by atoms with Crippen molar-refractivity contribution in [3.63, 3.8) is 0 Å². The number of carbonyl (C=O) groups excluding carboxylic acids is 1. The van der Waals surface area contributed by atoms with Gasteiger partial charge in [0.2, 0.25) is 0 Å². The van der Waals surface area contributed by atoms with E-state index in [2.05, 4.69) is 9.97 Å². The largest absolute Gasteiger partial charge is 0.298 e. The summed E-state index contributed by atoms with van der Waals surface area (Å²) in [6, 6.07) is 4.66. The third kappa shape index (κ3) is 1.95. The number of aromatic nitrogens is 2. The van der Waals surface area contributed by atoms with E-state index in [4.69, 9.17) is 0 Å². The molecule has 4 heteroatoms. The second kappa shape index (κ2) is 4.18. The zero-order chi connectivity index (χ0) is 11.5. The molecule has 0 bridgehead atoms. The van der Waals surface area contributed by atoms with Crippen molar-refractivity contribution in [1.29, 1.82) is 0 Å². The van der Waals surface area contributed by atoms with Crippen molar-refractivity contribution >= 4 is 6.29 Å². The summed E-state index contributed by atoms with van der Waals surface area (Å²) in [5.74, 6) is 0.224. The first-order valence-electron chi connectivity index (χ1n) is 4.74. The highest BCUT2D eigenvalue weighted by Crippen LogP contribution is 2.17. The number of rotatable bonds is 2. The van der Waals surface area contributed by atoms with E-state index in [1.54, 1.807) is 19.1 Å². The number of hydrogen-bond donors (Lipinski definition) is 0. The fourth-order valence-electron chi connectivity index (χ4n) is 1.33. The molecule has 0 aliphatic rings. The molecule has 0 saturated carbocycles. The molecule has 1 aromatic heterocycles. The molecule has 16 heavy (non-hydrogen) atoms. The van der Waals surface area contributed by atoms with E-state index in [9.17, 15) is 9.18 Å². The Balaban J connectivity index is 2.42. The van der Waals surface area contributed by atoms with Gasteiger partial charge in [-0.15, -0.1) is 0 Å². The molecule has 0 aliphatic carbocycles. The summed E-state index contributed by atoms with van der Waals surface area (Å²) >= 11 is 0. The Hall–Kier alpha value is -2.10. The zero-order valence-corrected chi connectivity index (χ0v) is 8.64. The van der Waals surface area contributed by atoms with Crippen LogP contribution in [-0.2, 0) is 0 Å². The van der Waals surface area contributed by atoms with E-state index in [0.29, 0.717) is 23.2 Å². The molecule has 0 radical (unpaired) electrons. The molecule has 0 aliphatic heterocycles. The van der Waals surface area contributed by atoms with Crippen LogP contribution < -0.4 is 0 Å². The summed E-state index contributed by atoms with van der Waals surface area (Å²) in [6.45, 7) is 1.68. The average Bonchev–Trinajstić information content (AvgIpc) is 2.33. The molecule has 2 rings (SSSR count). The van der Waals surface area contributed by atoms with Gasteiger partial charge >= 0.3 is 0 Å². The molecule has 1 heterocycles. The van der Waals surface area contributed by atoms with Gasteiger partial charge in [-0.05, 0) is 30.7 Å². The molecule has 2 aromatic rings. The normalized spacial score (nSPS) is 10.1. The van der Waals surface area contributed by atoms with Crippen LogP contribution in [0.1, 0.15) is 15.9 Å². The third-order valence-electron chi connectivity index (χ3n) is 2.22. The molecule has 1 aromatic carbocycles. The van der Waals surface area contributed by atoms with Crippen LogP contribution in [0.5, 0.6) is 0 Å². The Morgan fingerprint density at radius 2 is 1.94 bits per heavy atom. The van der Waals surface area contributed by atoms with Crippen LogP contribution in [0.25, 0.3) is 11.4 Å². The maximum absolute atomic E-state index is 13.0. The van der Waals surface area contributed by atoms with Crippen molar-refractivity contribution in [2.45, 2.75) is 6.92 Å². The Morgan fingerprint density at radius 3 is 2.50 bits per heavy atom. The fraction of sp³-hybridized carbons (Fsp3) is 0.0833. The van der Waals surface area contributed by atoms with Crippen molar-refractivity contribution in [2.24, 2.45) is 0 Å². The van der Waals surface area contributed by atoms with Gasteiger partial charge in [0.05, 0.1) is 5.56 Å². The van der Waals surface area contributed by atoms with E-state index < -0.39 is 0 Å². The molecular formula is C12H9FN2O. The lowest BCUT2D eigenvalue weighted by Crippen LogP contribution is -1.92. The molecule has 0 spiro atoms. The Kier molecular flexibility index (Phi) is 2.72. The average molecular weight is 216 g/mol. The molecule has 0 atom stereocenters. The van der Waals surface area contributed by atoms with Gasteiger partial charge in [-0.2, -0.15) is 0 Å². The van der Waals surface area contributed by atoms with Gasteiger partial charge in [0.1, 0.15) is 5.82 Å². The van der Waals surface area contributed by atoms with Gasteiger partial charge in [-0.25, -0.2) is 14.4 Å². The van der Waals surface area contributed by atoms with Crippen molar-refractivity contribution < 1.29 is 9.18 Å². The Morgan fingerprint density at radius 1 is 1.25 bits per heavy atom. The smallest absolute Gasteiger partial charge is 0.159 e. The quantitative estimate of drug-likeness (QED) is 0.724. The lowest BCUT2D eigenvalue weighted by atomic mass is 10.1. The van der Waals surface area contributed by atoms with Crippen LogP contribution in [0.4, 0.5) is 4.39 Å². The molecular weight excluding hydrogens is 207 g/mol. The van der Waals surface area contributed by atoms with Gasteiger partial charge in [-0.3, -0.25) is 4.79 Å². The number of nitrogens with zero attached hydrogens (tertiary/aromatic N) is 2. The number of hydrogen-bond acceptors (Lipinski definition) is 3. The third-order valence-corrected chi connectivity index (χ3v) is 2.22. The van der Waals surface area contributed by atoms with Crippen LogP contribution in [0, 0.1) is 12.7 Å². The Labute approximate surface area is 92.0 Å². The van der Waals surface area contributed by atoms with E-state index in [-0.39, 0.29) is 5.82 Å². The van der Waals surface area contributed by atoms with E-state index in [0.717, 1.165) is 5.56 Å². The summed E-state index contributed by atoms with van der Waals surface area (Å²) in [7, 11) is 0. The van der Waals surface area contributed by atoms with Crippen LogP contribution in [-0.4, -0.2) is 16.3 Å². The van der Waals surface area contributed by atoms with Gasteiger partial charge in [0, 0.05) is 18.0 Å². The molecule has 0 fully saturated rings. The predicted octanol–water partition coefficient (Wildman–Crippen LogP) is 2.40. The number of carbonyl (C=O) groups is 1. The number of benzene rings is 1. The topological polar surface area (TPSA) is 42.9 Å². The van der Waals surface area contributed by atoms with Crippen molar-refractivity contribution in [3.8, 4) is 11.4 Å². The second-order valence-corrected chi connectivity index (χ2v) is 3.42. The summed E-state index contributed by atoms with van der Waals surface area (Å²) in [6.07, 6.45) is 3.56. The van der Waals surface area contributed by atoms with Crippen LogP contribution in [0.15, 0.2) is 30.6 Å². The number of aldehydes is 1. The minimum absolute atomic E-state index is 0.256. The second-order valence-electron chi connectivity index (χ2n) is 3.42. The van der Waals surface area contributed by atoms with Crippen molar-refractivity contribution in [3.05, 3.63) is 47.5 Å². The monoisotopic (exact) mass is 216 g/mol. The SMILES string of the molecule is Cc1cc(-c2ncc(C=O)cn2)ccc1F. The van der Waals surface area contributed by atoms with Gasteiger partial charge < -0.3 is 0 Å². The molecule has 0 N–H and O–H groups in total. The predicted molar refractivity (Wildman–Crippen MR) is 57.6 cm³/mol. The van der Waals surface area contributed by atoms with E-state index >= 15 is 0 Å². The fourth-order valence-corrected chi connectivity index (χ4v) is 1.33. The van der Waals surface area contributed by atoms with Crippen LogP contribution in [0.3, 0.4) is 0 Å². The van der Waals surface area contributed by atoms with Gasteiger partial charge in [-0.1, -0.05) is 0 Å². The van der Waals surface area contributed by atoms with Crippen molar-refractivity contribution in [1.82, 2.24) is 9.97 Å². The van der Waals surface area contributed by atoms with Gasteiger partial charge in [0.25, 0.3) is 0 Å². The molecule has 80 valence electrons. The van der Waals surface area contributed by atoms with Crippen LogP contribution in [0.2, 0.25) is 0 Å². The first kappa shape index (κ1) is 10.4. The zero-order valence-electron chi connectivity index (χ0n) is 8.64. The lowest BCUT2D eigenvalue weighted by Gasteiger charge is -2.02. The summed E-state index contributed by atoms with van der Waals surface area (Å²) in [4.78, 5) is 18.5. The highest BCUT2D eigenvalue weighted by molar-refractivity contribution is 5.73. The van der Waals surface area contributed by atoms with E-state index in [1.807, 2.05) is 0 Å². The first-order valence-corrected chi connectivity index (χ1v) is 4.74. The Bertz CT molecular complexity index is 523. The lowest BCUT2D eigenvalue weighted by molar-refractivity contribution is 0.112. The maximum atomic E-state index is 13.0. The van der Waals surface area contributed by atoms with Crippen molar-refractivity contribution in [2.75, 3.05) is 0 Å². The molecule has 0 saturated heterocycles. The number of aryl methyl sites for hydroxylation is 1. The number of halogens is 1. The first-order chi connectivity index (χ1) is 7.70. The minimum Gasteiger partial charge on any atom is -0.298 e.